The van der Waals surface area contributed by atoms with Crippen molar-refractivity contribution in [2.45, 2.75) is 23.0 Å². The molecular weight excluding hydrogens is 432 g/mol. The van der Waals surface area contributed by atoms with E-state index in [0.717, 1.165) is 4.90 Å². The third-order valence-electron chi connectivity index (χ3n) is 4.86. The van der Waals surface area contributed by atoms with Gasteiger partial charge in [-0.3, -0.25) is 9.59 Å². The first-order chi connectivity index (χ1) is 15.5. The zero-order chi connectivity index (χ0) is 23.1. The van der Waals surface area contributed by atoms with Gasteiger partial charge in [-0.25, -0.2) is 0 Å². The number of carbonyl (C=O) groups excluding carboxylic acids is 1. The number of thioether (sulfide) groups is 1. The van der Waals surface area contributed by atoms with Gasteiger partial charge in [0.05, 0.1) is 39.4 Å². The Bertz CT molecular complexity index is 1120. The van der Waals surface area contributed by atoms with Gasteiger partial charge in [0.1, 0.15) is 17.3 Å². The van der Waals surface area contributed by atoms with Gasteiger partial charge >= 0.3 is 5.97 Å². The van der Waals surface area contributed by atoms with Gasteiger partial charge in [-0.2, -0.15) is 0 Å². The van der Waals surface area contributed by atoms with Crippen LogP contribution in [0.1, 0.15) is 29.4 Å². The van der Waals surface area contributed by atoms with Crippen LogP contribution in [0.5, 0.6) is 17.2 Å². The molecule has 1 atom stereocenters. The molecule has 3 aromatic rings. The van der Waals surface area contributed by atoms with Gasteiger partial charge in [-0.1, -0.05) is 24.3 Å². The summed E-state index contributed by atoms with van der Waals surface area (Å²) in [6, 6.07) is 16.0. The minimum absolute atomic E-state index is 0.0185. The summed E-state index contributed by atoms with van der Waals surface area (Å²) in [5, 5.41) is 10.6. The smallest absolute Gasteiger partial charge is 0.306 e. The van der Waals surface area contributed by atoms with E-state index in [2.05, 4.69) is 0 Å². The van der Waals surface area contributed by atoms with Crippen molar-refractivity contribution in [1.29, 1.82) is 0 Å². The van der Waals surface area contributed by atoms with Crippen molar-refractivity contribution in [3.05, 3.63) is 81.9 Å². The molecule has 3 rings (SSSR count). The summed E-state index contributed by atoms with van der Waals surface area (Å²) in [6.07, 6.45) is -0.162. The average molecular weight is 457 g/mol. The van der Waals surface area contributed by atoms with Crippen molar-refractivity contribution in [1.82, 2.24) is 0 Å². The van der Waals surface area contributed by atoms with Crippen LogP contribution in [0, 0.1) is 0 Å². The van der Waals surface area contributed by atoms with Crippen molar-refractivity contribution in [2.24, 2.45) is 0 Å². The molecule has 1 heterocycles. The van der Waals surface area contributed by atoms with E-state index in [1.807, 2.05) is 30.3 Å². The molecule has 0 aliphatic rings. The maximum Gasteiger partial charge on any atom is 0.306 e. The lowest BCUT2D eigenvalue weighted by Crippen LogP contribution is -2.14. The Morgan fingerprint density at radius 2 is 1.81 bits per heavy atom. The van der Waals surface area contributed by atoms with E-state index in [4.69, 9.17) is 18.6 Å². The van der Waals surface area contributed by atoms with E-state index in [1.54, 1.807) is 18.2 Å². The van der Waals surface area contributed by atoms with Crippen molar-refractivity contribution < 1.29 is 28.5 Å². The fourth-order valence-electron chi connectivity index (χ4n) is 3.23. The van der Waals surface area contributed by atoms with Gasteiger partial charge in [0.15, 0.2) is 5.76 Å². The molecule has 0 aliphatic carbocycles. The van der Waals surface area contributed by atoms with Gasteiger partial charge in [0.2, 0.25) is 11.2 Å². The van der Waals surface area contributed by atoms with Crippen LogP contribution in [0.3, 0.4) is 0 Å². The van der Waals surface area contributed by atoms with Gasteiger partial charge in [0.25, 0.3) is 0 Å². The van der Waals surface area contributed by atoms with Crippen LogP contribution >= 0.6 is 11.8 Å². The molecular formula is C24H24O7S. The van der Waals surface area contributed by atoms with E-state index in [-0.39, 0.29) is 12.2 Å². The van der Waals surface area contributed by atoms with E-state index >= 15 is 0 Å². The third kappa shape index (κ3) is 5.45. The first kappa shape index (κ1) is 23.3. The number of hydrogen-bond acceptors (Lipinski definition) is 8. The SMILES string of the molecule is COC(=O)C[C@@H](c1ccc(OC)cc1OC)c1oc(CSc2ccccc2)cc(=O)c1O. The quantitative estimate of drug-likeness (QED) is 0.375. The number of methoxy groups -OCH3 is 3. The Labute approximate surface area is 189 Å². The zero-order valence-corrected chi connectivity index (χ0v) is 18.8. The van der Waals surface area contributed by atoms with Crippen molar-refractivity contribution >= 4 is 17.7 Å². The first-order valence-electron chi connectivity index (χ1n) is 9.79. The highest BCUT2D eigenvalue weighted by Crippen LogP contribution is 2.40. The van der Waals surface area contributed by atoms with Gasteiger partial charge in [-0.15, -0.1) is 11.8 Å². The number of benzene rings is 2. The molecule has 0 unspecified atom stereocenters. The number of hydrogen-bond donors (Lipinski definition) is 1. The number of carbonyl (C=O) groups is 1. The summed E-state index contributed by atoms with van der Waals surface area (Å²) in [5.41, 5.74) is -0.0396. The number of ether oxygens (including phenoxy) is 3. The third-order valence-corrected chi connectivity index (χ3v) is 5.89. The summed E-state index contributed by atoms with van der Waals surface area (Å²) in [4.78, 5) is 25.7. The summed E-state index contributed by atoms with van der Waals surface area (Å²) in [5.74, 6) is -0.182. The van der Waals surface area contributed by atoms with Gasteiger partial charge < -0.3 is 23.7 Å². The van der Waals surface area contributed by atoms with Gasteiger partial charge in [-0.05, 0) is 18.2 Å². The maximum atomic E-state index is 12.5. The number of rotatable bonds is 9. The second kappa shape index (κ2) is 10.8. The summed E-state index contributed by atoms with van der Waals surface area (Å²) >= 11 is 1.49. The Kier molecular flexibility index (Phi) is 7.83. The van der Waals surface area contributed by atoms with Crippen LogP contribution in [-0.2, 0) is 15.3 Å². The summed E-state index contributed by atoms with van der Waals surface area (Å²) in [7, 11) is 4.28. The van der Waals surface area contributed by atoms with Crippen molar-refractivity contribution in [3.8, 4) is 17.2 Å². The molecule has 0 fully saturated rings. The van der Waals surface area contributed by atoms with Crippen LogP contribution < -0.4 is 14.9 Å². The van der Waals surface area contributed by atoms with Crippen LogP contribution in [-0.4, -0.2) is 32.4 Å². The second-order valence-electron chi connectivity index (χ2n) is 6.83. The monoisotopic (exact) mass is 456 g/mol. The van der Waals surface area contributed by atoms with Gasteiger partial charge in [0, 0.05) is 22.6 Å². The van der Waals surface area contributed by atoms with E-state index < -0.39 is 23.1 Å². The molecule has 2 aromatic carbocycles. The Morgan fingerprint density at radius 1 is 1.06 bits per heavy atom. The molecule has 1 aromatic heterocycles. The molecule has 0 amide bonds. The molecule has 0 radical (unpaired) electrons. The Morgan fingerprint density at radius 3 is 2.47 bits per heavy atom. The Balaban J connectivity index is 2.05. The van der Waals surface area contributed by atoms with Crippen LogP contribution in [0.2, 0.25) is 0 Å². The predicted octanol–water partition coefficient (Wildman–Crippen LogP) is 4.35. The van der Waals surface area contributed by atoms with Crippen LogP contribution in [0.15, 0.2) is 68.7 Å². The average Bonchev–Trinajstić information content (AvgIpc) is 2.83. The molecule has 0 saturated carbocycles. The molecule has 1 N–H and O–H groups in total. The number of esters is 1. The highest BCUT2D eigenvalue weighted by molar-refractivity contribution is 7.98. The van der Waals surface area contributed by atoms with E-state index in [1.165, 1.54) is 39.2 Å². The highest BCUT2D eigenvalue weighted by atomic mass is 32.2. The molecule has 0 saturated heterocycles. The maximum absolute atomic E-state index is 12.5. The number of aromatic hydroxyl groups is 1. The van der Waals surface area contributed by atoms with E-state index in [0.29, 0.717) is 28.6 Å². The largest absolute Gasteiger partial charge is 0.502 e. The fraction of sp³-hybridized carbons (Fsp3) is 0.250. The Hall–Kier alpha value is -3.39. The van der Waals surface area contributed by atoms with Crippen molar-refractivity contribution in [3.63, 3.8) is 0 Å². The predicted molar refractivity (Wildman–Crippen MR) is 121 cm³/mol. The first-order valence-corrected chi connectivity index (χ1v) is 10.8. The standard InChI is InChI=1S/C24H24O7S/c1-28-15-9-10-18(21(12-15)29-2)19(13-22(26)30-3)24-23(27)20(25)11-16(31-24)14-32-17-7-5-4-6-8-17/h4-12,19,27H,13-14H2,1-3H3/t19-/m0/s1. The topological polar surface area (TPSA) is 95.2 Å². The zero-order valence-electron chi connectivity index (χ0n) is 18.0. The van der Waals surface area contributed by atoms with Crippen molar-refractivity contribution in [2.75, 3.05) is 21.3 Å². The van der Waals surface area contributed by atoms with Crippen LogP contribution in [0.4, 0.5) is 0 Å². The molecule has 0 aliphatic heterocycles. The molecule has 168 valence electrons. The highest BCUT2D eigenvalue weighted by Gasteiger charge is 2.29. The van der Waals surface area contributed by atoms with E-state index in [9.17, 15) is 14.7 Å². The molecule has 0 bridgehead atoms. The fourth-order valence-corrected chi connectivity index (χ4v) is 4.03. The molecule has 8 heteroatoms. The lowest BCUT2D eigenvalue weighted by Gasteiger charge is -2.20. The molecule has 32 heavy (non-hydrogen) atoms. The molecule has 7 nitrogen and oxygen atoms in total. The summed E-state index contributed by atoms with van der Waals surface area (Å²) in [6.45, 7) is 0. The summed E-state index contributed by atoms with van der Waals surface area (Å²) < 4.78 is 21.5. The lowest BCUT2D eigenvalue weighted by molar-refractivity contribution is -0.140. The molecule has 0 spiro atoms. The normalized spacial score (nSPS) is 11.6. The van der Waals surface area contributed by atoms with Crippen LogP contribution in [0.25, 0.3) is 0 Å². The second-order valence-corrected chi connectivity index (χ2v) is 7.88. The minimum atomic E-state index is -0.808. The minimum Gasteiger partial charge on any atom is -0.502 e. The lowest BCUT2D eigenvalue weighted by atomic mass is 9.91.